The molecule has 0 aromatic heterocycles. The molecule has 8 nitrogen and oxygen atoms in total. The van der Waals surface area contributed by atoms with E-state index in [1.165, 1.54) is 12.8 Å². The molecule has 2 heterocycles. The molecule has 2 unspecified atom stereocenters. The third kappa shape index (κ3) is 17.1. The second-order valence-corrected chi connectivity index (χ2v) is 18.3. The molecule has 0 spiro atoms. The maximum atomic E-state index is 6.28. The Labute approximate surface area is 268 Å². The molecule has 0 bridgehead atoms. The number of benzene rings is 2. The van der Waals surface area contributed by atoms with Crippen molar-refractivity contribution in [3.8, 4) is 11.5 Å². The fourth-order valence-corrected chi connectivity index (χ4v) is 9.01. The Balaban J connectivity index is 0.000000245. The van der Waals surface area contributed by atoms with Crippen LogP contribution in [0.5, 0.6) is 11.5 Å². The van der Waals surface area contributed by atoms with Crippen molar-refractivity contribution in [2.24, 2.45) is 0 Å². The maximum absolute atomic E-state index is 6.28. The first-order chi connectivity index (χ1) is 21.4. The summed E-state index contributed by atoms with van der Waals surface area (Å²) in [6.07, 6.45) is 7.19. The van der Waals surface area contributed by atoms with Crippen LogP contribution in [0.3, 0.4) is 0 Å². The molecular formula is C34H56O8Si2. The zero-order valence-corrected chi connectivity index (χ0v) is 29.5. The lowest BCUT2D eigenvalue weighted by Crippen LogP contribution is -2.45. The fourth-order valence-electron chi connectivity index (χ4n) is 4.40. The highest BCUT2D eigenvalue weighted by Crippen LogP contribution is 2.24. The highest BCUT2D eigenvalue weighted by atomic mass is 28.4. The van der Waals surface area contributed by atoms with Gasteiger partial charge in [0.25, 0.3) is 0 Å². The smallest absolute Gasteiger partial charge is 0.457 e. The van der Waals surface area contributed by atoms with Crippen LogP contribution in [0.25, 0.3) is 0 Å². The van der Waals surface area contributed by atoms with Crippen LogP contribution in [0.4, 0.5) is 0 Å². The van der Waals surface area contributed by atoms with Gasteiger partial charge in [-0.05, 0) is 62.5 Å². The molecule has 2 aliphatic rings. The van der Waals surface area contributed by atoms with E-state index in [-0.39, 0.29) is 0 Å². The highest BCUT2D eigenvalue weighted by Gasteiger charge is 2.36. The molecule has 0 N–H and O–H groups in total. The Hall–Kier alpha value is -1.77. The molecule has 2 aromatic rings. The Bertz CT molecular complexity index is 924. The SMILES string of the molecule is CCCCO[Si](C)(CCCOCC1CO1)OCCCC.C[Si](CCCOCC1CO1)(Oc1ccccc1)Oc1ccccc1. The minimum atomic E-state index is -2.40. The van der Waals surface area contributed by atoms with E-state index in [1.54, 1.807) is 0 Å². The largest absolute Gasteiger partial charge is 0.512 e. The Kier molecular flexibility index (Phi) is 17.6. The van der Waals surface area contributed by atoms with Crippen LogP contribution in [0.1, 0.15) is 52.4 Å². The van der Waals surface area contributed by atoms with Crippen LogP contribution >= 0.6 is 0 Å². The Morgan fingerprint density at radius 1 is 0.591 bits per heavy atom. The predicted molar refractivity (Wildman–Crippen MR) is 179 cm³/mol. The van der Waals surface area contributed by atoms with Crippen molar-refractivity contribution < 1.29 is 36.7 Å². The third-order valence-electron chi connectivity index (χ3n) is 7.22. The Morgan fingerprint density at radius 3 is 1.39 bits per heavy atom. The first-order valence-electron chi connectivity index (χ1n) is 16.6. The molecule has 10 heteroatoms. The number of rotatable bonds is 24. The lowest BCUT2D eigenvalue weighted by atomic mass is 10.3. The van der Waals surface area contributed by atoms with Crippen LogP contribution in [0.15, 0.2) is 60.7 Å². The molecule has 2 fully saturated rings. The van der Waals surface area contributed by atoms with Gasteiger partial charge in [-0.1, -0.05) is 63.1 Å². The lowest BCUT2D eigenvalue weighted by molar-refractivity contribution is 0.112. The minimum Gasteiger partial charge on any atom is -0.512 e. The van der Waals surface area contributed by atoms with Crippen LogP contribution in [0, 0.1) is 0 Å². The predicted octanol–water partition coefficient (Wildman–Crippen LogP) is 7.52. The van der Waals surface area contributed by atoms with Gasteiger partial charge in [0.1, 0.15) is 23.7 Å². The van der Waals surface area contributed by atoms with Crippen molar-refractivity contribution in [2.75, 3.05) is 52.9 Å². The molecule has 0 aliphatic carbocycles. The zero-order valence-electron chi connectivity index (χ0n) is 27.5. The van der Waals surface area contributed by atoms with Gasteiger partial charge in [0.05, 0.1) is 26.4 Å². The third-order valence-corrected chi connectivity index (χ3v) is 12.7. The summed E-state index contributed by atoms with van der Waals surface area (Å²) in [5, 5.41) is 0. The fraction of sp³-hybridized carbons (Fsp3) is 0.647. The van der Waals surface area contributed by atoms with E-state index >= 15 is 0 Å². The monoisotopic (exact) mass is 648 g/mol. The Morgan fingerprint density at radius 2 is 1.00 bits per heavy atom. The van der Waals surface area contributed by atoms with Crippen LogP contribution in [-0.4, -0.2) is 82.2 Å². The number of hydrogen-bond donors (Lipinski definition) is 0. The summed E-state index contributed by atoms with van der Waals surface area (Å²) in [6.45, 7) is 15.0. The maximum Gasteiger partial charge on any atom is 0.457 e. The number of hydrogen-bond acceptors (Lipinski definition) is 8. The van der Waals surface area contributed by atoms with Gasteiger partial charge in [0.15, 0.2) is 0 Å². The number of para-hydroxylation sites is 2. The first kappa shape index (κ1) is 36.7. The summed E-state index contributed by atoms with van der Waals surface area (Å²) in [7, 11) is -4.40. The summed E-state index contributed by atoms with van der Waals surface area (Å²) < 4.78 is 46.3. The van der Waals surface area contributed by atoms with Gasteiger partial charge in [-0.25, -0.2) is 0 Å². The van der Waals surface area contributed by atoms with Gasteiger partial charge < -0.3 is 36.7 Å². The summed E-state index contributed by atoms with van der Waals surface area (Å²) in [4.78, 5) is 0. The first-order valence-corrected chi connectivity index (χ1v) is 21.6. The van der Waals surface area contributed by atoms with Crippen molar-refractivity contribution >= 4 is 17.1 Å². The summed E-state index contributed by atoms with van der Waals surface area (Å²) in [5.41, 5.74) is 0. The number of unbranched alkanes of at least 4 members (excludes halogenated alkanes) is 2. The quantitative estimate of drug-likeness (QED) is 0.0657. The molecule has 2 saturated heterocycles. The summed E-state index contributed by atoms with van der Waals surface area (Å²) in [6, 6.07) is 21.7. The van der Waals surface area contributed by atoms with E-state index in [2.05, 4.69) is 26.9 Å². The van der Waals surface area contributed by atoms with Crippen LogP contribution in [-0.2, 0) is 27.8 Å². The normalized spacial score (nSPS) is 17.5. The van der Waals surface area contributed by atoms with Gasteiger partial charge in [-0.2, -0.15) is 0 Å². The molecule has 2 atom stereocenters. The second-order valence-electron chi connectivity index (χ2n) is 11.8. The molecule has 0 saturated carbocycles. The molecule has 0 amide bonds. The van der Waals surface area contributed by atoms with Gasteiger partial charge in [-0.15, -0.1) is 0 Å². The molecule has 44 heavy (non-hydrogen) atoms. The minimum absolute atomic E-state index is 0.315. The van der Waals surface area contributed by atoms with E-state index in [1.807, 2.05) is 60.7 Å². The molecule has 2 aromatic carbocycles. The highest BCUT2D eigenvalue weighted by molar-refractivity contribution is 6.67. The molecule has 2 aliphatic heterocycles. The number of epoxide rings is 2. The van der Waals surface area contributed by atoms with E-state index in [0.717, 1.165) is 88.9 Å². The van der Waals surface area contributed by atoms with Crippen molar-refractivity contribution in [3.63, 3.8) is 0 Å². The van der Waals surface area contributed by atoms with Crippen LogP contribution in [0.2, 0.25) is 25.2 Å². The van der Waals surface area contributed by atoms with Crippen molar-refractivity contribution in [2.45, 2.75) is 89.8 Å². The van der Waals surface area contributed by atoms with E-state index in [9.17, 15) is 0 Å². The molecule has 248 valence electrons. The summed E-state index contributed by atoms with van der Waals surface area (Å²) >= 11 is 0. The topological polar surface area (TPSA) is 80.4 Å². The van der Waals surface area contributed by atoms with E-state index in [4.69, 9.17) is 36.7 Å². The van der Waals surface area contributed by atoms with Crippen molar-refractivity contribution in [1.29, 1.82) is 0 Å². The summed E-state index contributed by atoms with van der Waals surface area (Å²) in [5.74, 6) is 1.71. The van der Waals surface area contributed by atoms with Crippen molar-refractivity contribution in [3.05, 3.63) is 60.7 Å². The standard InChI is InChI=1S/C19H24O4Si.C15H32O4Si/c1-24(22-17-9-4-2-5-10-17,23-18-11-6-3-7-12-18)14-8-13-20-15-19-16-21-19;1-4-6-10-18-20(3,19-11-7-5-2)12-8-9-16-13-15-14-17-15/h2-7,9-12,19H,8,13-16H2,1H3;15H,4-14H2,1-3H3. The molecule has 0 radical (unpaired) electrons. The second kappa shape index (κ2) is 21.1. The van der Waals surface area contributed by atoms with Gasteiger partial charge >= 0.3 is 17.1 Å². The lowest BCUT2D eigenvalue weighted by Gasteiger charge is -2.28. The van der Waals surface area contributed by atoms with E-state index < -0.39 is 17.1 Å². The van der Waals surface area contributed by atoms with Gasteiger partial charge in [-0.3, -0.25) is 0 Å². The molecular weight excluding hydrogens is 593 g/mol. The average molecular weight is 649 g/mol. The van der Waals surface area contributed by atoms with Crippen molar-refractivity contribution in [1.82, 2.24) is 0 Å². The van der Waals surface area contributed by atoms with Gasteiger partial charge in [0.2, 0.25) is 0 Å². The van der Waals surface area contributed by atoms with Gasteiger partial charge in [0, 0.05) is 39.0 Å². The molecule has 4 rings (SSSR count). The average Bonchev–Trinajstić information content (AvgIpc) is 3.95. The number of ether oxygens (including phenoxy) is 4. The zero-order chi connectivity index (χ0) is 31.4. The van der Waals surface area contributed by atoms with E-state index in [0.29, 0.717) is 25.4 Å². The van der Waals surface area contributed by atoms with Crippen LogP contribution < -0.4 is 8.85 Å².